The Morgan fingerprint density at radius 3 is 2.70 bits per heavy atom. The average molecular weight is 414 g/mol. The molecule has 8 nitrogen and oxygen atoms in total. The van der Waals surface area contributed by atoms with Gasteiger partial charge in [-0.1, -0.05) is 18.3 Å². The molecule has 1 aliphatic heterocycles. The number of hydrogen-bond acceptors (Lipinski definition) is 6. The van der Waals surface area contributed by atoms with E-state index < -0.39 is 10.0 Å². The molecular weight excluding hydrogens is 390 g/mol. The lowest BCUT2D eigenvalue weighted by Gasteiger charge is -2.26. The van der Waals surface area contributed by atoms with Crippen molar-refractivity contribution < 1.29 is 17.9 Å². The molecule has 1 aliphatic rings. The van der Waals surface area contributed by atoms with Gasteiger partial charge in [-0.25, -0.2) is 13.1 Å². The number of aromatic nitrogens is 1. The fourth-order valence-corrected chi connectivity index (χ4v) is 5.19. The third kappa shape index (κ3) is 4.40. The molecule has 0 saturated carbocycles. The van der Waals surface area contributed by atoms with Gasteiger partial charge in [0.1, 0.15) is 6.54 Å². The molecule has 2 aromatic rings. The number of nitrogens with zero attached hydrogens (tertiary/aromatic N) is 2. The van der Waals surface area contributed by atoms with Gasteiger partial charge in [0.05, 0.1) is 28.3 Å². The summed E-state index contributed by atoms with van der Waals surface area (Å²) in [6.45, 7) is 5.65. The smallest absolute Gasteiger partial charge is 0.308 e. The normalized spacial score (nSPS) is 16.6. The third-order valence-electron chi connectivity index (χ3n) is 4.58. The maximum atomic E-state index is 12.5. The van der Waals surface area contributed by atoms with Crippen LogP contribution < -0.4 is 9.60 Å². The highest BCUT2D eigenvalue weighted by atomic mass is 32.2. The van der Waals surface area contributed by atoms with E-state index in [1.807, 2.05) is 6.92 Å². The minimum atomic E-state index is -3.65. The van der Waals surface area contributed by atoms with Gasteiger partial charge in [0.2, 0.25) is 15.9 Å². The number of hydrogen-bond donors (Lipinski definition) is 1. The Bertz CT molecular complexity index is 990. The Hall–Kier alpha value is -1.75. The summed E-state index contributed by atoms with van der Waals surface area (Å²) in [5.41, 5.74) is 0.564. The van der Waals surface area contributed by atoms with Crippen molar-refractivity contribution in [2.24, 2.45) is 0 Å². The van der Waals surface area contributed by atoms with Crippen molar-refractivity contribution in [2.45, 2.75) is 37.8 Å². The number of ether oxygens (including phenoxy) is 1. The van der Waals surface area contributed by atoms with Gasteiger partial charge in [0, 0.05) is 19.1 Å². The van der Waals surface area contributed by atoms with E-state index >= 15 is 0 Å². The lowest BCUT2D eigenvalue weighted by molar-refractivity contribution is -0.135. The van der Waals surface area contributed by atoms with Crippen molar-refractivity contribution in [2.75, 3.05) is 26.3 Å². The monoisotopic (exact) mass is 413 g/mol. The van der Waals surface area contributed by atoms with E-state index in [2.05, 4.69) is 4.72 Å². The first-order valence-electron chi connectivity index (χ1n) is 8.83. The van der Waals surface area contributed by atoms with Crippen molar-refractivity contribution in [3.05, 3.63) is 27.9 Å². The van der Waals surface area contributed by atoms with Crippen molar-refractivity contribution in [1.82, 2.24) is 14.2 Å². The fraction of sp³-hybridized carbons (Fsp3) is 0.529. The lowest BCUT2D eigenvalue weighted by Crippen LogP contribution is -2.43. The van der Waals surface area contributed by atoms with E-state index in [4.69, 9.17) is 4.74 Å². The molecule has 0 bridgehead atoms. The second-order valence-corrected chi connectivity index (χ2v) is 9.21. The average Bonchev–Trinajstić information content (AvgIpc) is 2.96. The van der Waals surface area contributed by atoms with E-state index in [1.54, 1.807) is 17.9 Å². The first-order chi connectivity index (χ1) is 12.8. The van der Waals surface area contributed by atoms with Crippen LogP contribution in [-0.2, 0) is 26.1 Å². The number of nitrogens with one attached hydrogen (secondary N) is 1. The molecule has 0 aliphatic carbocycles. The quantitative estimate of drug-likeness (QED) is 0.762. The molecule has 1 saturated heterocycles. The van der Waals surface area contributed by atoms with Crippen LogP contribution in [0.2, 0.25) is 0 Å². The number of carbonyl (C=O) groups excluding carboxylic acids is 1. The highest BCUT2D eigenvalue weighted by Gasteiger charge is 2.21. The van der Waals surface area contributed by atoms with Gasteiger partial charge < -0.3 is 9.64 Å². The molecule has 1 unspecified atom stereocenters. The van der Waals surface area contributed by atoms with Crippen LogP contribution >= 0.6 is 11.3 Å². The Kier molecular flexibility index (Phi) is 5.99. The van der Waals surface area contributed by atoms with Crippen LogP contribution in [-0.4, -0.2) is 56.1 Å². The Balaban J connectivity index is 1.88. The van der Waals surface area contributed by atoms with E-state index in [9.17, 15) is 18.0 Å². The summed E-state index contributed by atoms with van der Waals surface area (Å²) >= 11 is 0.942. The Morgan fingerprint density at radius 2 is 2.04 bits per heavy atom. The Labute approximate surface area is 161 Å². The molecule has 1 aromatic carbocycles. The molecule has 3 rings (SSSR count). The summed E-state index contributed by atoms with van der Waals surface area (Å²) in [7, 11) is -3.65. The topological polar surface area (TPSA) is 97.7 Å². The number of morpholine rings is 1. The zero-order chi connectivity index (χ0) is 19.6. The highest BCUT2D eigenvalue weighted by Crippen LogP contribution is 2.22. The van der Waals surface area contributed by atoms with Crippen molar-refractivity contribution in [1.29, 1.82) is 0 Å². The first-order valence-corrected chi connectivity index (χ1v) is 11.1. The number of amides is 1. The molecule has 0 radical (unpaired) electrons. The minimum Gasteiger partial charge on any atom is -0.378 e. The number of benzene rings is 1. The zero-order valence-electron chi connectivity index (χ0n) is 15.3. The number of thiazole rings is 1. The summed E-state index contributed by atoms with van der Waals surface area (Å²) in [5, 5.41) is 0. The summed E-state index contributed by atoms with van der Waals surface area (Å²) in [6, 6.07) is 4.36. The van der Waals surface area contributed by atoms with Crippen LogP contribution in [0.15, 0.2) is 27.9 Å². The molecule has 1 atom stereocenters. The molecule has 148 valence electrons. The van der Waals surface area contributed by atoms with E-state index in [0.717, 1.165) is 11.3 Å². The third-order valence-corrected chi connectivity index (χ3v) is 7.11. The molecule has 10 heteroatoms. The van der Waals surface area contributed by atoms with Crippen LogP contribution in [0, 0.1) is 0 Å². The van der Waals surface area contributed by atoms with Crippen molar-refractivity contribution in [3.8, 4) is 0 Å². The van der Waals surface area contributed by atoms with Crippen LogP contribution in [0.1, 0.15) is 20.3 Å². The first kappa shape index (κ1) is 20.0. The van der Waals surface area contributed by atoms with Gasteiger partial charge in [-0.2, -0.15) is 0 Å². The SMILES string of the molecule is CCC(C)NS(=O)(=O)c1ccc2c(c1)sc(=O)n2CC(=O)N1CCOCC1. The van der Waals surface area contributed by atoms with Gasteiger partial charge in [0.25, 0.3) is 0 Å². The van der Waals surface area contributed by atoms with Gasteiger partial charge >= 0.3 is 4.87 Å². The van der Waals surface area contributed by atoms with Crippen LogP contribution in [0.5, 0.6) is 0 Å². The second-order valence-electron chi connectivity index (χ2n) is 6.51. The molecule has 1 fully saturated rings. The minimum absolute atomic E-state index is 0.0595. The number of carbonyl (C=O) groups is 1. The predicted molar refractivity (Wildman–Crippen MR) is 104 cm³/mol. The summed E-state index contributed by atoms with van der Waals surface area (Å²) < 4.78 is 34.7. The second kappa shape index (κ2) is 8.09. The van der Waals surface area contributed by atoms with Gasteiger partial charge in [-0.15, -0.1) is 0 Å². The maximum Gasteiger partial charge on any atom is 0.308 e. The molecule has 0 spiro atoms. The van der Waals surface area contributed by atoms with Crippen LogP contribution in [0.3, 0.4) is 0 Å². The molecule has 1 amide bonds. The van der Waals surface area contributed by atoms with Gasteiger partial charge in [-0.3, -0.25) is 14.2 Å². The summed E-state index contributed by atoms with van der Waals surface area (Å²) in [6.07, 6.45) is 0.675. The highest BCUT2D eigenvalue weighted by molar-refractivity contribution is 7.89. The van der Waals surface area contributed by atoms with Crippen molar-refractivity contribution >= 4 is 37.5 Å². The van der Waals surface area contributed by atoms with E-state index in [-0.39, 0.29) is 28.3 Å². The molecule has 1 aromatic heterocycles. The summed E-state index contributed by atoms with van der Waals surface area (Å²) in [4.78, 5) is 26.3. The number of sulfonamides is 1. The predicted octanol–water partition coefficient (Wildman–Crippen LogP) is 0.999. The Morgan fingerprint density at radius 1 is 1.33 bits per heavy atom. The summed E-state index contributed by atoms with van der Waals surface area (Å²) in [5.74, 6) is -0.143. The number of rotatable bonds is 6. The van der Waals surface area contributed by atoms with Crippen molar-refractivity contribution in [3.63, 3.8) is 0 Å². The van der Waals surface area contributed by atoms with Crippen LogP contribution in [0.25, 0.3) is 10.2 Å². The van der Waals surface area contributed by atoms with E-state index in [0.29, 0.717) is 42.9 Å². The molecule has 27 heavy (non-hydrogen) atoms. The largest absolute Gasteiger partial charge is 0.378 e. The lowest BCUT2D eigenvalue weighted by atomic mass is 10.3. The zero-order valence-corrected chi connectivity index (χ0v) is 16.9. The standard InChI is InChI=1S/C17H23N3O5S2/c1-3-12(2)18-27(23,24)13-4-5-14-15(10-13)26-17(22)20(14)11-16(21)19-6-8-25-9-7-19/h4-5,10,12,18H,3,6-9,11H2,1-2H3. The molecule has 1 N–H and O–H groups in total. The number of fused-ring (bicyclic) bond motifs is 1. The van der Waals surface area contributed by atoms with Gasteiger partial charge in [0.15, 0.2) is 0 Å². The van der Waals surface area contributed by atoms with Gasteiger partial charge in [-0.05, 0) is 31.5 Å². The fourth-order valence-electron chi connectivity index (χ4n) is 2.83. The maximum absolute atomic E-state index is 12.5. The molecular formula is C17H23N3O5S2. The van der Waals surface area contributed by atoms with E-state index in [1.165, 1.54) is 16.7 Å². The van der Waals surface area contributed by atoms with Crippen LogP contribution in [0.4, 0.5) is 0 Å². The molecule has 2 heterocycles.